The number of anilines is 1. The van der Waals surface area contributed by atoms with Crippen molar-refractivity contribution in [2.75, 3.05) is 11.9 Å². The second-order valence-electron chi connectivity index (χ2n) is 5.64. The van der Waals surface area contributed by atoms with Crippen molar-refractivity contribution in [3.8, 4) is 5.75 Å². The van der Waals surface area contributed by atoms with Crippen LogP contribution in [0.15, 0.2) is 34.8 Å². The van der Waals surface area contributed by atoms with Gasteiger partial charge in [0.2, 0.25) is 0 Å². The van der Waals surface area contributed by atoms with Crippen LogP contribution in [0.5, 0.6) is 5.75 Å². The summed E-state index contributed by atoms with van der Waals surface area (Å²) in [4.78, 5) is 16.6. The second kappa shape index (κ2) is 6.91. The highest BCUT2D eigenvalue weighted by molar-refractivity contribution is 9.10. The Labute approximate surface area is 153 Å². The number of carbonyl (C=O) groups is 1. The third kappa shape index (κ3) is 3.60. The van der Waals surface area contributed by atoms with Gasteiger partial charge in [0.15, 0.2) is 11.7 Å². The number of amides is 1. The average Bonchev–Trinajstić information content (AvgIpc) is 2.93. The molecule has 4 nitrogen and oxygen atoms in total. The third-order valence-corrected chi connectivity index (χ3v) is 5.33. The van der Waals surface area contributed by atoms with Crippen LogP contribution in [0.4, 0.5) is 5.13 Å². The molecule has 1 aromatic heterocycles. The van der Waals surface area contributed by atoms with Crippen LogP contribution in [-0.2, 0) is 4.79 Å². The Morgan fingerprint density at radius 2 is 2.04 bits per heavy atom. The van der Waals surface area contributed by atoms with Gasteiger partial charge >= 0.3 is 0 Å². The van der Waals surface area contributed by atoms with Gasteiger partial charge in [0, 0.05) is 0 Å². The Morgan fingerprint density at radius 3 is 2.79 bits per heavy atom. The zero-order valence-corrected chi connectivity index (χ0v) is 16.0. The molecule has 1 heterocycles. The number of halogens is 1. The summed E-state index contributed by atoms with van der Waals surface area (Å²) in [6.45, 7) is 6.04. The first-order chi connectivity index (χ1) is 11.4. The van der Waals surface area contributed by atoms with Crippen LogP contribution in [0.3, 0.4) is 0 Å². The van der Waals surface area contributed by atoms with Crippen LogP contribution in [-0.4, -0.2) is 17.5 Å². The van der Waals surface area contributed by atoms with E-state index in [9.17, 15) is 4.79 Å². The quantitative estimate of drug-likeness (QED) is 0.665. The molecule has 1 N–H and O–H groups in total. The van der Waals surface area contributed by atoms with E-state index in [1.54, 1.807) is 0 Å². The standard InChI is InChI=1S/C18H17BrN2O2S/c1-10-4-6-14(13(19)8-10)23-9-16(22)20-18-21-17-12(3)11(2)5-7-15(17)24-18/h4-8H,9H2,1-3H3,(H,20,21,22). The molecule has 0 unspecified atom stereocenters. The first-order valence-electron chi connectivity index (χ1n) is 7.49. The van der Waals surface area contributed by atoms with Crippen LogP contribution in [0.25, 0.3) is 10.2 Å². The van der Waals surface area contributed by atoms with Crippen molar-refractivity contribution in [2.45, 2.75) is 20.8 Å². The van der Waals surface area contributed by atoms with E-state index in [1.165, 1.54) is 16.9 Å². The van der Waals surface area contributed by atoms with Gasteiger partial charge in [-0.2, -0.15) is 0 Å². The molecule has 0 radical (unpaired) electrons. The highest BCUT2D eigenvalue weighted by Gasteiger charge is 2.11. The first kappa shape index (κ1) is 16.9. The number of rotatable bonds is 4. The van der Waals surface area contributed by atoms with E-state index in [4.69, 9.17) is 4.74 Å². The van der Waals surface area contributed by atoms with E-state index in [0.29, 0.717) is 10.9 Å². The van der Waals surface area contributed by atoms with Crippen LogP contribution in [0.2, 0.25) is 0 Å². The lowest BCUT2D eigenvalue weighted by Crippen LogP contribution is -2.20. The summed E-state index contributed by atoms with van der Waals surface area (Å²) in [5.74, 6) is 0.419. The van der Waals surface area contributed by atoms with Gasteiger partial charge in [0.1, 0.15) is 5.75 Å². The van der Waals surface area contributed by atoms with Crippen molar-refractivity contribution < 1.29 is 9.53 Å². The molecule has 1 amide bonds. The molecule has 0 atom stereocenters. The zero-order chi connectivity index (χ0) is 17.3. The Morgan fingerprint density at radius 1 is 1.25 bits per heavy atom. The molecule has 0 saturated carbocycles. The van der Waals surface area contributed by atoms with Crippen molar-refractivity contribution in [1.29, 1.82) is 0 Å². The zero-order valence-electron chi connectivity index (χ0n) is 13.6. The molecule has 0 saturated heterocycles. The summed E-state index contributed by atoms with van der Waals surface area (Å²) in [5.41, 5.74) is 4.40. The van der Waals surface area contributed by atoms with E-state index in [1.807, 2.05) is 38.1 Å². The summed E-state index contributed by atoms with van der Waals surface area (Å²) in [7, 11) is 0. The van der Waals surface area contributed by atoms with Crippen molar-refractivity contribution >= 4 is 48.5 Å². The monoisotopic (exact) mass is 404 g/mol. The summed E-state index contributed by atoms with van der Waals surface area (Å²) < 4.78 is 7.46. The molecule has 0 aliphatic heterocycles. The molecule has 124 valence electrons. The molecular formula is C18H17BrN2O2S. The maximum Gasteiger partial charge on any atom is 0.264 e. The molecule has 24 heavy (non-hydrogen) atoms. The number of hydrogen-bond donors (Lipinski definition) is 1. The average molecular weight is 405 g/mol. The SMILES string of the molecule is Cc1ccc(OCC(=O)Nc2nc3c(C)c(C)ccc3s2)c(Br)c1. The number of aromatic nitrogens is 1. The van der Waals surface area contributed by atoms with Crippen molar-refractivity contribution in [1.82, 2.24) is 4.98 Å². The van der Waals surface area contributed by atoms with E-state index in [-0.39, 0.29) is 12.5 Å². The van der Waals surface area contributed by atoms with Gasteiger partial charge in [0.05, 0.1) is 14.7 Å². The minimum Gasteiger partial charge on any atom is -0.483 e. The van der Waals surface area contributed by atoms with E-state index in [0.717, 1.165) is 25.8 Å². The summed E-state index contributed by atoms with van der Waals surface area (Å²) in [6.07, 6.45) is 0. The Balaban J connectivity index is 1.67. The van der Waals surface area contributed by atoms with Gasteiger partial charge < -0.3 is 4.74 Å². The van der Waals surface area contributed by atoms with Crippen LogP contribution >= 0.6 is 27.3 Å². The lowest BCUT2D eigenvalue weighted by atomic mass is 10.1. The number of nitrogens with zero attached hydrogens (tertiary/aromatic N) is 1. The number of aryl methyl sites for hydroxylation is 3. The first-order valence-corrected chi connectivity index (χ1v) is 9.10. The largest absolute Gasteiger partial charge is 0.483 e. The molecule has 3 rings (SSSR count). The van der Waals surface area contributed by atoms with Crippen LogP contribution < -0.4 is 10.1 Å². The Kier molecular flexibility index (Phi) is 4.87. The van der Waals surface area contributed by atoms with Gasteiger partial charge in [-0.25, -0.2) is 4.98 Å². The fourth-order valence-electron chi connectivity index (χ4n) is 2.30. The lowest BCUT2D eigenvalue weighted by molar-refractivity contribution is -0.118. The predicted octanol–water partition coefficient (Wildman–Crippen LogP) is 5.00. The molecule has 0 aliphatic rings. The highest BCUT2D eigenvalue weighted by atomic mass is 79.9. The highest BCUT2D eigenvalue weighted by Crippen LogP contribution is 2.30. The van der Waals surface area contributed by atoms with E-state index >= 15 is 0 Å². The smallest absolute Gasteiger partial charge is 0.264 e. The summed E-state index contributed by atoms with van der Waals surface area (Å²) in [5, 5.41) is 3.40. The molecule has 2 aromatic carbocycles. The fraction of sp³-hybridized carbons (Fsp3) is 0.222. The number of carbonyl (C=O) groups excluding carboxylic acids is 1. The van der Waals surface area contributed by atoms with Gasteiger partial charge in [0.25, 0.3) is 5.91 Å². The number of ether oxygens (including phenoxy) is 1. The molecule has 0 aliphatic carbocycles. The van der Waals surface area contributed by atoms with E-state index < -0.39 is 0 Å². The molecular weight excluding hydrogens is 388 g/mol. The maximum atomic E-state index is 12.1. The van der Waals surface area contributed by atoms with Crippen molar-refractivity contribution in [3.05, 3.63) is 51.5 Å². The molecule has 0 bridgehead atoms. The number of thiazole rings is 1. The van der Waals surface area contributed by atoms with Gasteiger partial charge in [-0.05, 0) is 71.6 Å². The topological polar surface area (TPSA) is 51.2 Å². The second-order valence-corrected chi connectivity index (χ2v) is 7.53. The molecule has 0 spiro atoms. The number of fused-ring (bicyclic) bond motifs is 1. The number of benzene rings is 2. The molecule has 3 aromatic rings. The van der Waals surface area contributed by atoms with Gasteiger partial charge in [-0.1, -0.05) is 23.5 Å². The summed E-state index contributed by atoms with van der Waals surface area (Å²) >= 11 is 4.90. The minimum atomic E-state index is -0.226. The van der Waals surface area contributed by atoms with Crippen LogP contribution in [0.1, 0.15) is 16.7 Å². The molecule has 0 fully saturated rings. The fourth-order valence-corrected chi connectivity index (χ4v) is 3.85. The number of nitrogens with one attached hydrogen (secondary N) is 1. The Hall–Kier alpha value is -1.92. The Bertz CT molecular complexity index is 921. The van der Waals surface area contributed by atoms with Gasteiger partial charge in [-0.15, -0.1) is 0 Å². The maximum absolute atomic E-state index is 12.1. The van der Waals surface area contributed by atoms with Crippen LogP contribution in [0, 0.1) is 20.8 Å². The minimum absolute atomic E-state index is 0.0599. The number of hydrogen-bond acceptors (Lipinski definition) is 4. The third-order valence-electron chi connectivity index (χ3n) is 3.78. The lowest BCUT2D eigenvalue weighted by Gasteiger charge is -2.08. The van der Waals surface area contributed by atoms with Gasteiger partial charge in [-0.3, -0.25) is 10.1 Å². The predicted molar refractivity (Wildman–Crippen MR) is 102 cm³/mol. The summed E-state index contributed by atoms with van der Waals surface area (Å²) in [6, 6.07) is 9.84. The molecule has 6 heteroatoms. The normalized spacial score (nSPS) is 10.8. The van der Waals surface area contributed by atoms with E-state index in [2.05, 4.69) is 39.2 Å². The van der Waals surface area contributed by atoms with Crippen molar-refractivity contribution in [3.63, 3.8) is 0 Å². The van der Waals surface area contributed by atoms with Crippen molar-refractivity contribution in [2.24, 2.45) is 0 Å².